The predicted octanol–water partition coefficient (Wildman–Crippen LogP) is 0.467. The van der Waals surface area contributed by atoms with E-state index in [9.17, 15) is 0 Å². The van der Waals surface area contributed by atoms with Crippen LogP contribution in [0.15, 0.2) is 12.3 Å². The summed E-state index contributed by atoms with van der Waals surface area (Å²) in [6.45, 7) is 6.39. The van der Waals surface area contributed by atoms with Gasteiger partial charge in [0.15, 0.2) is 0 Å². The van der Waals surface area contributed by atoms with Gasteiger partial charge in [-0.05, 0) is 13.8 Å². The first kappa shape index (κ1) is 10.8. The number of hydrogen-bond donors (Lipinski definition) is 3. The molecule has 0 atom stereocenters. The summed E-state index contributed by atoms with van der Waals surface area (Å²) in [6, 6.07) is 1.94. The summed E-state index contributed by atoms with van der Waals surface area (Å²) in [4.78, 5) is 0. The van der Waals surface area contributed by atoms with Crippen LogP contribution in [0.2, 0.25) is 0 Å². The van der Waals surface area contributed by atoms with E-state index in [1.54, 1.807) is 0 Å². The molecular formula is C10H19N4+. The molecule has 0 aliphatic carbocycles. The Morgan fingerprint density at radius 2 is 2.14 bits per heavy atom. The summed E-state index contributed by atoms with van der Waals surface area (Å²) < 4.78 is 1.99. The average molecular weight is 195 g/mol. The lowest BCUT2D eigenvalue weighted by Crippen LogP contribution is -2.36. The van der Waals surface area contributed by atoms with E-state index < -0.39 is 0 Å². The van der Waals surface area contributed by atoms with Crippen LogP contribution in [0.3, 0.4) is 0 Å². The maximum atomic E-state index is 5.87. The summed E-state index contributed by atoms with van der Waals surface area (Å²) in [7, 11) is 0. The molecule has 0 unspecified atom stereocenters. The van der Waals surface area contributed by atoms with Crippen molar-refractivity contribution in [2.75, 3.05) is 17.6 Å². The molecule has 5 N–H and O–H groups in total. The van der Waals surface area contributed by atoms with Crippen LogP contribution >= 0.6 is 0 Å². The van der Waals surface area contributed by atoms with Gasteiger partial charge < -0.3 is 11.1 Å². The molecule has 0 saturated carbocycles. The van der Waals surface area contributed by atoms with Gasteiger partial charge >= 0.3 is 0 Å². The minimum atomic E-state index is 0.530. The summed E-state index contributed by atoms with van der Waals surface area (Å²) in [5.74, 6) is 0.764. The maximum absolute atomic E-state index is 5.87. The second-order valence-corrected chi connectivity index (χ2v) is 3.16. The lowest BCUT2D eigenvalue weighted by molar-refractivity contribution is -0.679. The highest BCUT2D eigenvalue weighted by Crippen LogP contribution is 2.14. The lowest BCUT2D eigenvalue weighted by atomic mass is 10.2. The molecule has 0 bridgehead atoms. The molecule has 0 aromatic carbocycles. The first-order valence-electron chi connectivity index (χ1n) is 4.98. The fourth-order valence-corrected chi connectivity index (χ4v) is 1.45. The third-order valence-electron chi connectivity index (χ3n) is 2.21. The van der Waals surface area contributed by atoms with E-state index in [4.69, 9.17) is 11.5 Å². The van der Waals surface area contributed by atoms with E-state index >= 15 is 0 Å². The number of nitrogen functional groups attached to an aromatic ring is 1. The smallest absolute Gasteiger partial charge is 0.274 e. The standard InChI is InChI=1S/C10H18N4/c1-3-13-9-5-10(12)14(4-2)7-8(9)6-11/h5,7H,3-4,6,11H2,1-2H3,(H2,12,13)/p+1. The van der Waals surface area contributed by atoms with Gasteiger partial charge in [0.25, 0.3) is 5.82 Å². The SMILES string of the molecule is CCNc1cc(N)[n+](CC)cc1CN. The molecule has 0 radical (unpaired) electrons. The molecule has 4 heteroatoms. The van der Waals surface area contributed by atoms with Crippen LogP contribution in [0.5, 0.6) is 0 Å². The highest BCUT2D eigenvalue weighted by molar-refractivity contribution is 5.53. The van der Waals surface area contributed by atoms with Crippen molar-refractivity contribution < 1.29 is 4.57 Å². The van der Waals surface area contributed by atoms with Gasteiger partial charge in [-0.2, -0.15) is 0 Å². The van der Waals surface area contributed by atoms with Crippen molar-refractivity contribution in [2.45, 2.75) is 26.9 Å². The minimum Gasteiger partial charge on any atom is -0.385 e. The molecule has 0 spiro atoms. The quantitative estimate of drug-likeness (QED) is 0.612. The van der Waals surface area contributed by atoms with Gasteiger partial charge in [-0.3, -0.25) is 5.73 Å². The predicted molar refractivity (Wildman–Crippen MR) is 58.8 cm³/mol. The Hall–Kier alpha value is -1.29. The highest BCUT2D eigenvalue weighted by Gasteiger charge is 2.08. The van der Waals surface area contributed by atoms with Gasteiger partial charge in [0.1, 0.15) is 0 Å². The number of hydrogen-bond acceptors (Lipinski definition) is 3. The maximum Gasteiger partial charge on any atom is 0.274 e. The fourth-order valence-electron chi connectivity index (χ4n) is 1.45. The molecule has 0 amide bonds. The topological polar surface area (TPSA) is 68.0 Å². The molecule has 1 rings (SSSR count). The number of nitrogens with one attached hydrogen (secondary N) is 1. The number of aromatic nitrogens is 1. The monoisotopic (exact) mass is 195 g/mol. The van der Waals surface area contributed by atoms with Gasteiger partial charge in [-0.15, -0.1) is 0 Å². The molecule has 0 aliphatic heterocycles. The Balaban J connectivity index is 3.10. The molecule has 14 heavy (non-hydrogen) atoms. The summed E-state index contributed by atoms with van der Waals surface area (Å²) in [5.41, 5.74) is 13.7. The molecule has 0 aliphatic rings. The molecule has 0 saturated heterocycles. The van der Waals surface area contributed by atoms with Gasteiger partial charge in [0, 0.05) is 18.7 Å². The van der Waals surface area contributed by atoms with Gasteiger partial charge in [0.05, 0.1) is 24.5 Å². The largest absolute Gasteiger partial charge is 0.385 e. The summed E-state index contributed by atoms with van der Waals surface area (Å²) in [6.07, 6.45) is 2.01. The Morgan fingerprint density at radius 3 is 2.64 bits per heavy atom. The van der Waals surface area contributed by atoms with E-state index in [1.807, 2.05) is 16.8 Å². The van der Waals surface area contributed by atoms with E-state index in [0.717, 1.165) is 30.2 Å². The lowest BCUT2D eigenvalue weighted by Gasteiger charge is -2.10. The van der Waals surface area contributed by atoms with Gasteiger partial charge in [-0.1, -0.05) is 0 Å². The van der Waals surface area contributed by atoms with Crippen LogP contribution in [0, 0.1) is 0 Å². The minimum absolute atomic E-state index is 0.530. The Morgan fingerprint density at radius 1 is 1.43 bits per heavy atom. The summed E-state index contributed by atoms with van der Waals surface area (Å²) >= 11 is 0. The molecule has 0 fully saturated rings. The van der Waals surface area contributed by atoms with Crippen molar-refractivity contribution in [3.63, 3.8) is 0 Å². The number of nitrogens with two attached hydrogens (primary N) is 2. The zero-order valence-electron chi connectivity index (χ0n) is 8.88. The number of pyridine rings is 1. The van der Waals surface area contributed by atoms with Crippen LogP contribution in [-0.2, 0) is 13.1 Å². The van der Waals surface area contributed by atoms with E-state index in [-0.39, 0.29) is 0 Å². The molecule has 78 valence electrons. The van der Waals surface area contributed by atoms with Crippen molar-refractivity contribution in [3.05, 3.63) is 17.8 Å². The van der Waals surface area contributed by atoms with E-state index in [1.165, 1.54) is 0 Å². The van der Waals surface area contributed by atoms with Gasteiger partial charge in [-0.25, -0.2) is 4.57 Å². The number of anilines is 2. The highest BCUT2D eigenvalue weighted by atomic mass is 15.0. The van der Waals surface area contributed by atoms with Gasteiger partial charge in [0.2, 0.25) is 0 Å². The van der Waals surface area contributed by atoms with Crippen LogP contribution < -0.4 is 21.4 Å². The normalized spacial score (nSPS) is 10.2. The zero-order chi connectivity index (χ0) is 10.6. The number of aryl methyl sites for hydroxylation is 1. The third-order valence-corrected chi connectivity index (χ3v) is 2.21. The molecule has 1 heterocycles. The first-order valence-corrected chi connectivity index (χ1v) is 4.98. The van der Waals surface area contributed by atoms with Crippen LogP contribution in [0.4, 0.5) is 11.5 Å². The van der Waals surface area contributed by atoms with Crippen molar-refractivity contribution in [1.29, 1.82) is 0 Å². The van der Waals surface area contributed by atoms with Crippen LogP contribution in [0.1, 0.15) is 19.4 Å². The average Bonchev–Trinajstić information content (AvgIpc) is 2.19. The Bertz CT molecular complexity index is 309. The van der Waals surface area contributed by atoms with Crippen molar-refractivity contribution in [2.24, 2.45) is 5.73 Å². The molecular weight excluding hydrogens is 176 g/mol. The Kier molecular flexibility index (Phi) is 3.71. The third kappa shape index (κ3) is 2.14. The van der Waals surface area contributed by atoms with Crippen molar-refractivity contribution in [1.82, 2.24) is 0 Å². The Labute approximate surface area is 84.9 Å². The number of rotatable bonds is 4. The first-order chi connectivity index (χ1) is 6.72. The van der Waals surface area contributed by atoms with Crippen molar-refractivity contribution >= 4 is 11.5 Å². The van der Waals surface area contributed by atoms with E-state index in [2.05, 4.69) is 19.2 Å². The summed E-state index contributed by atoms with van der Waals surface area (Å²) in [5, 5.41) is 3.25. The second kappa shape index (κ2) is 4.81. The second-order valence-electron chi connectivity index (χ2n) is 3.16. The van der Waals surface area contributed by atoms with Crippen molar-refractivity contribution in [3.8, 4) is 0 Å². The molecule has 1 aromatic heterocycles. The van der Waals surface area contributed by atoms with E-state index in [0.29, 0.717) is 6.54 Å². The van der Waals surface area contributed by atoms with Crippen LogP contribution in [0.25, 0.3) is 0 Å². The van der Waals surface area contributed by atoms with Crippen LogP contribution in [-0.4, -0.2) is 6.54 Å². The number of nitrogens with zero attached hydrogens (tertiary/aromatic N) is 1. The molecule has 4 nitrogen and oxygen atoms in total. The zero-order valence-corrected chi connectivity index (χ0v) is 8.88. The molecule has 1 aromatic rings. The fraction of sp³-hybridized carbons (Fsp3) is 0.500.